The second-order valence-corrected chi connectivity index (χ2v) is 7.60. The maximum absolute atomic E-state index is 6.42. The van der Waals surface area contributed by atoms with Gasteiger partial charge in [-0.1, -0.05) is 33.6 Å². The van der Waals surface area contributed by atoms with Crippen molar-refractivity contribution in [3.8, 4) is 0 Å². The van der Waals surface area contributed by atoms with Gasteiger partial charge in [-0.2, -0.15) is 0 Å². The van der Waals surface area contributed by atoms with Crippen molar-refractivity contribution in [3.05, 3.63) is 0 Å². The molecule has 0 radical (unpaired) electrons. The minimum Gasteiger partial charge on any atom is -0.374 e. The highest BCUT2D eigenvalue weighted by atomic mass is 16.5. The predicted molar refractivity (Wildman–Crippen MR) is 86.0 cm³/mol. The third-order valence-corrected chi connectivity index (χ3v) is 5.11. The lowest BCUT2D eigenvalue weighted by molar-refractivity contribution is -0.0800. The van der Waals surface area contributed by atoms with Gasteiger partial charge in [0.25, 0.3) is 0 Å². The number of nitrogens with one attached hydrogen (secondary N) is 1. The molecular weight excluding hydrogens is 246 g/mol. The number of hydrogen-bond donors (Lipinski definition) is 1. The Hall–Kier alpha value is -0.0800. The van der Waals surface area contributed by atoms with E-state index in [0.717, 1.165) is 31.0 Å². The highest BCUT2D eigenvalue weighted by Gasteiger charge is 2.37. The van der Waals surface area contributed by atoms with E-state index in [9.17, 15) is 0 Å². The van der Waals surface area contributed by atoms with E-state index in [1.165, 1.54) is 57.8 Å². The molecule has 2 nitrogen and oxygen atoms in total. The van der Waals surface area contributed by atoms with E-state index in [1.807, 2.05) is 0 Å². The molecule has 0 unspecified atom stereocenters. The fraction of sp³-hybridized carbons (Fsp3) is 1.00. The molecule has 0 atom stereocenters. The molecular formula is C18H35NO. The SMILES string of the molecule is CCCC1CCC(CNC2CC2)(OCCC(C)C)CC1. The van der Waals surface area contributed by atoms with E-state index in [4.69, 9.17) is 4.74 Å². The van der Waals surface area contributed by atoms with E-state index in [1.54, 1.807) is 0 Å². The first kappa shape index (κ1) is 16.3. The summed E-state index contributed by atoms with van der Waals surface area (Å²) in [4.78, 5) is 0. The van der Waals surface area contributed by atoms with Gasteiger partial charge in [0.05, 0.1) is 5.60 Å². The van der Waals surface area contributed by atoms with Crippen LogP contribution in [0.15, 0.2) is 0 Å². The van der Waals surface area contributed by atoms with Crippen LogP contribution < -0.4 is 5.32 Å². The minimum atomic E-state index is 0.154. The van der Waals surface area contributed by atoms with Crippen LogP contribution in [0.25, 0.3) is 0 Å². The van der Waals surface area contributed by atoms with Gasteiger partial charge in [-0.15, -0.1) is 0 Å². The zero-order valence-corrected chi connectivity index (χ0v) is 13.9. The van der Waals surface area contributed by atoms with Crippen LogP contribution in [-0.4, -0.2) is 24.8 Å². The lowest BCUT2D eigenvalue weighted by atomic mass is 9.77. The number of ether oxygens (including phenoxy) is 1. The molecule has 2 aliphatic carbocycles. The van der Waals surface area contributed by atoms with E-state index in [2.05, 4.69) is 26.1 Å². The molecule has 0 aliphatic heterocycles. The summed E-state index contributed by atoms with van der Waals surface area (Å²) in [6, 6.07) is 0.800. The van der Waals surface area contributed by atoms with Crippen LogP contribution in [0.5, 0.6) is 0 Å². The van der Waals surface area contributed by atoms with Crippen molar-refractivity contribution in [2.45, 2.75) is 90.2 Å². The van der Waals surface area contributed by atoms with Crippen molar-refractivity contribution in [1.29, 1.82) is 0 Å². The van der Waals surface area contributed by atoms with Crippen molar-refractivity contribution < 1.29 is 4.74 Å². The molecule has 2 saturated carbocycles. The second-order valence-electron chi connectivity index (χ2n) is 7.60. The zero-order chi connectivity index (χ0) is 14.4. The Morgan fingerprint density at radius 3 is 2.40 bits per heavy atom. The quantitative estimate of drug-likeness (QED) is 0.670. The maximum atomic E-state index is 6.42. The topological polar surface area (TPSA) is 21.3 Å². The minimum absolute atomic E-state index is 0.154. The van der Waals surface area contributed by atoms with Crippen molar-refractivity contribution in [3.63, 3.8) is 0 Å². The summed E-state index contributed by atoms with van der Waals surface area (Å²) in [6.07, 6.45) is 12.0. The number of hydrogen-bond acceptors (Lipinski definition) is 2. The molecule has 0 aromatic heterocycles. The summed E-state index contributed by atoms with van der Waals surface area (Å²) < 4.78 is 6.42. The molecule has 0 saturated heterocycles. The van der Waals surface area contributed by atoms with Gasteiger partial charge in [0.1, 0.15) is 0 Å². The molecule has 118 valence electrons. The van der Waals surface area contributed by atoms with Gasteiger partial charge in [0.15, 0.2) is 0 Å². The molecule has 20 heavy (non-hydrogen) atoms. The molecule has 0 amide bonds. The van der Waals surface area contributed by atoms with Crippen LogP contribution in [0.1, 0.15) is 78.6 Å². The second kappa shape index (κ2) is 7.79. The summed E-state index contributed by atoms with van der Waals surface area (Å²) in [6.45, 7) is 8.93. The van der Waals surface area contributed by atoms with Crippen LogP contribution in [0.3, 0.4) is 0 Å². The van der Waals surface area contributed by atoms with Gasteiger partial charge >= 0.3 is 0 Å². The first-order valence-corrected chi connectivity index (χ1v) is 9.01. The average molecular weight is 281 g/mol. The molecule has 0 aromatic rings. The molecule has 0 heterocycles. The van der Waals surface area contributed by atoms with E-state index in [0.29, 0.717) is 0 Å². The van der Waals surface area contributed by atoms with Gasteiger partial charge in [0, 0.05) is 19.2 Å². The van der Waals surface area contributed by atoms with Crippen LogP contribution in [0.4, 0.5) is 0 Å². The number of rotatable bonds is 9. The lowest BCUT2D eigenvalue weighted by Gasteiger charge is -2.40. The highest BCUT2D eigenvalue weighted by Crippen LogP contribution is 2.37. The molecule has 2 aliphatic rings. The Labute approximate surface area is 126 Å². The predicted octanol–water partition coefficient (Wildman–Crippen LogP) is 4.53. The van der Waals surface area contributed by atoms with Crippen LogP contribution in [0, 0.1) is 11.8 Å². The van der Waals surface area contributed by atoms with E-state index in [-0.39, 0.29) is 5.60 Å². The smallest absolute Gasteiger partial charge is 0.0806 e. The molecule has 0 aromatic carbocycles. The van der Waals surface area contributed by atoms with Gasteiger partial charge in [-0.3, -0.25) is 0 Å². The third kappa shape index (κ3) is 5.37. The summed E-state index contributed by atoms with van der Waals surface area (Å²) in [5, 5.41) is 3.73. The molecule has 2 fully saturated rings. The average Bonchev–Trinajstić information content (AvgIpc) is 3.23. The molecule has 0 bridgehead atoms. The largest absolute Gasteiger partial charge is 0.374 e. The van der Waals surface area contributed by atoms with Crippen LogP contribution in [-0.2, 0) is 4.74 Å². The van der Waals surface area contributed by atoms with Gasteiger partial charge in [-0.25, -0.2) is 0 Å². The van der Waals surface area contributed by atoms with Gasteiger partial charge < -0.3 is 10.1 Å². The van der Waals surface area contributed by atoms with Gasteiger partial charge in [0.2, 0.25) is 0 Å². The normalized spacial score (nSPS) is 30.9. The third-order valence-electron chi connectivity index (χ3n) is 5.11. The Bertz CT molecular complexity index is 265. The lowest BCUT2D eigenvalue weighted by Crippen LogP contribution is -2.46. The Balaban J connectivity index is 1.80. The van der Waals surface area contributed by atoms with E-state index < -0.39 is 0 Å². The summed E-state index contributed by atoms with van der Waals surface area (Å²) >= 11 is 0. The van der Waals surface area contributed by atoms with Crippen molar-refractivity contribution in [2.24, 2.45) is 11.8 Å². The van der Waals surface area contributed by atoms with Crippen molar-refractivity contribution in [2.75, 3.05) is 13.2 Å². The van der Waals surface area contributed by atoms with Crippen LogP contribution >= 0.6 is 0 Å². The molecule has 2 heteroatoms. The van der Waals surface area contributed by atoms with Crippen LogP contribution in [0.2, 0.25) is 0 Å². The van der Waals surface area contributed by atoms with Crippen molar-refractivity contribution >= 4 is 0 Å². The Kier molecular flexibility index (Phi) is 6.35. The fourth-order valence-corrected chi connectivity index (χ4v) is 3.40. The summed E-state index contributed by atoms with van der Waals surface area (Å²) in [5.74, 6) is 1.71. The fourth-order valence-electron chi connectivity index (χ4n) is 3.40. The summed E-state index contributed by atoms with van der Waals surface area (Å²) in [5.41, 5.74) is 0.154. The summed E-state index contributed by atoms with van der Waals surface area (Å²) in [7, 11) is 0. The first-order chi connectivity index (χ1) is 9.63. The molecule has 2 rings (SSSR count). The monoisotopic (exact) mass is 281 g/mol. The molecule has 0 spiro atoms. The van der Waals surface area contributed by atoms with E-state index >= 15 is 0 Å². The first-order valence-electron chi connectivity index (χ1n) is 9.01. The molecule has 1 N–H and O–H groups in total. The standard InChI is InChI=1S/C18H35NO/c1-4-5-16-8-11-18(12-9-16,14-19-17-6-7-17)20-13-10-15(2)3/h15-17,19H,4-14H2,1-3H3. The zero-order valence-electron chi connectivity index (χ0n) is 13.9. The van der Waals surface area contributed by atoms with Crippen molar-refractivity contribution in [1.82, 2.24) is 5.32 Å². The maximum Gasteiger partial charge on any atom is 0.0806 e. The highest BCUT2D eigenvalue weighted by molar-refractivity contribution is 4.92. The van der Waals surface area contributed by atoms with Gasteiger partial charge in [-0.05, 0) is 56.8 Å². The Morgan fingerprint density at radius 1 is 1.15 bits per heavy atom. The Morgan fingerprint density at radius 2 is 1.85 bits per heavy atom.